The quantitative estimate of drug-likeness (QED) is 0.609. The van der Waals surface area contributed by atoms with Crippen LogP contribution in [0.4, 0.5) is 0 Å². The van der Waals surface area contributed by atoms with E-state index in [1.54, 1.807) is 4.52 Å². The first-order chi connectivity index (χ1) is 12.9. The molecule has 0 aliphatic rings. The summed E-state index contributed by atoms with van der Waals surface area (Å²) in [5, 5.41) is 5.18. The Balaban J connectivity index is 1.75. The summed E-state index contributed by atoms with van der Waals surface area (Å²) in [6.07, 6.45) is 3.02. The highest BCUT2D eigenvalue weighted by Crippen LogP contribution is 2.21. The molecule has 3 rings (SSSR count). The minimum Gasteiger partial charge on any atom is -0.339 e. The van der Waals surface area contributed by atoms with Crippen LogP contribution in [0.1, 0.15) is 41.9 Å². The fourth-order valence-electron chi connectivity index (χ4n) is 3.22. The SMILES string of the molecule is CSc1nc2nc(C)c(CCC(=O)N(C)[C@@H](C)c3ccccc3)c(C)n2n1. The van der Waals surface area contributed by atoms with Crippen molar-refractivity contribution in [3.05, 3.63) is 52.8 Å². The first-order valence-corrected chi connectivity index (χ1v) is 10.2. The molecular weight excluding hydrogens is 358 g/mol. The van der Waals surface area contributed by atoms with Crippen molar-refractivity contribution in [3.8, 4) is 0 Å². The number of nitrogens with zero attached hydrogens (tertiary/aromatic N) is 5. The van der Waals surface area contributed by atoms with Gasteiger partial charge in [0.15, 0.2) is 0 Å². The molecule has 0 saturated heterocycles. The summed E-state index contributed by atoms with van der Waals surface area (Å²) in [6.45, 7) is 6.03. The van der Waals surface area contributed by atoms with Crippen molar-refractivity contribution >= 4 is 23.4 Å². The molecule has 0 unspecified atom stereocenters. The smallest absolute Gasteiger partial charge is 0.253 e. The van der Waals surface area contributed by atoms with E-state index in [0.717, 1.165) is 22.5 Å². The third-order valence-electron chi connectivity index (χ3n) is 5.06. The number of rotatable bonds is 6. The number of hydrogen-bond acceptors (Lipinski definition) is 5. The number of hydrogen-bond donors (Lipinski definition) is 0. The van der Waals surface area contributed by atoms with E-state index in [1.807, 2.05) is 50.2 Å². The molecule has 0 aliphatic carbocycles. The summed E-state index contributed by atoms with van der Waals surface area (Å²) in [4.78, 5) is 23.5. The molecule has 142 valence electrons. The lowest BCUT2D eigenvalue weighted by Gasteiger charge is -2.25. The maximum absolute atomic E-state index is 12.7. The highest BCUT2D eigenvalue weighted by Gasteiger charge is 2.19. The Hall–Kier alpha value is -2.41. The second-order valence-electron chi connectivity index (χ2n) is 6.66. The fraction of sp³-hybridized carbons (Fsp3) is 0.400. The predicted molar refractivity (Wildman–Crippen MR) is 108 cm³/mol. The van der Waals surface area contributed by atoms with E-state index in [4.69, 9.17) is 0 Å². The molecule has 27 heavy (non-hydrogen) atoms. The third kappa shape index (κ3) is 3.98. The molecule has 1 atom stereocenters. The molecule has 0 radical (unpaired) electrons. The first kappa shape index (κ1) is 19.4. The average molecular weight is 384 g/mol. The van der Waals surface area contributed by atoms with Crippen LogP contribution in [0.5, 0.6) is 0 Å². The Morgan fingerprint density at radius 2 is 1.93 bits per heavy atom. The number of carbonyl (C=O) groups excluding carboxylic acids is 1. The number of fused-ring (bicyclic) bond motifs is 1. The molecule has 0 bridgehead atoms. The Morgan fingerprint density at radius 3 is 2.59 bits per heavy atom. The van der Waals surface area contributed by atoms with E-state index in [0.29, 0.717) is 23.8 Å². The van der Waals surface area contributed by atoms with Gasteiger partial charge in [-0.3, -0.25) is 4.79 Å². The summed E-state index contributed by atoms with van der Waals surface area (Å²) >= 11 is 1.49. The predicted octanol–water partition coefficient (Wildman–Crippen LogP) is 3.62. The van der Waals surface area contributed by atoms with Crippen LogP contribution in [0.2, 0.25) is 0 Å². The third-order valence-corrected chi connectivity index (χ3v) is 5.60. The lowest BCUT2D eigenvalue weighted by molar-refractivity contribution is -0.131. The van der Waals surface area contributed by atoms with Crippen LogP contribution < -0.4 is 0 Å². The second-order valence-corrected chi connectivity index (χ2v) is 7.44. The molecule has 6 nitrogen and oxygen atoms in total. The van der Waals surface area contributed by atoms with Gasteiger partial charge in [0.1, 0.15) is 0 Å². The van der Waals surface area contributed by atoms with Gasteiger partial charge in [0.25, 0.3) is 5.78 Å². The summed E-state index contributed by atoms with van der Waals surface area (Å²) in [5.41, 5.74) is 4.11. The number of benzene rings is 1. The van der Waals surface area contributed by atoms with E-state index in [9.17, 15) is 4.79 Å². The van der Waals surface area contributed by atoms with Gasteiger partial charge in [-0.1, -0.05) is 42.1 Å². The van der Waals surface area contributed by atoms with Gasteiger partial charge in [-0.25, -0.2) is 9.50 Å². The average Bonchev–Trinajstić information content (AvgIpc) is 3.10. The first-order valence-electron chi connectivity index (χ1n) is 8.99. The molecule has 0 fully saturated rings. The minimum atomic E-state index is 0.0425. The van der Waals surface area contributed by atoms with Crippen LogP contribution in [-0.2, 0) is 11.2 Å². The Labute approximate surface area is 164 Å². The standard InChI is InChI=1S/C20H25N5OS/c1-13-17(15(3)25-19(21-13)22-20(23-25)27-5)11-12-18(26)24(4)14(2)16-9-7-6-8-10-16/h6-10,14H,11-12H2,1-5H3/t14-/m0/s1. The monoisotopic (exact) mass is 383 g/mol. The van der Waals surface area contributed by atoms with Crippen LogP contribution in [0.25, 0.3) is 5.78 Å². The van der Waals surface area contributed by atoms with Crippen LogP contribution in [0.15, 0.2) is 35.5 Å². The van der Waals surface area contributed by atoms with Crippen molar-refractivity contribution in [2.24, 2.45) is 0 Å². The second kappa shape index (κ2) is 8.08. The number of aryl methyl sites for hydroxylation is 2. The summed E-state index contributed by atoms with van der Waals surface area (Å²) in [5.74, 6) is 0.730. The van der Waals surface area contributed by atoms with E-state index >= 15 is 0 Å². The molecule has 3 aromatic rings. The van der Waals surface area contributed by atoms with Crippen molar-refractivity contribution < 1.29 is 4.79 Å². The van der Waals surface area contributed by atoms with Crippen LogP contribution in [0, 0.1) is 13.8 Å². The van der Waals surface area contributed by atoms with Crippen LogP contribution in [-0.4, -0.2) is 43.7 Å². The molecule has 2 heterocycles. The zero-order valence-corrected chi connectivity index (χ0v) is 17.2. The van der Waals surface area contributed by atoms with E-state index < -0.39 is 0 Å². The summed E-state index contributed by atoms with van der Waals surface area (Å²) in [7, 11) is 1.86. The van der Waals surface area contributed by atoms with Gasteiger partial charge in [0.2, 0.25) is 11.1 Å². The molecule has 0 aliphatic heterocycles. The summed E-state index contributed by atoms with van der Waals surface area (Å²) < 4.78 is 1.77. The van der Waals surface area contributed by atoms with Gasteiger partial charge >= 0.3 is 0 Å². The molecule has 1 amide bonds. The lowest BCUT2D eigenvalue weighted by atomic mass is 10.0. The van der Waals surface area contributed by atoms with Gasteiger partial charge in [-0.2, -0.15) is 4.98 Å². The Bertz CT molecular complexity index is 954. The van der Waals surface area contributed by atoms with Crippen LogP contribution in [0.3, 0.4) is 0 Å². The highest BCUT2D eigenvalue weighted by atomic mass is 32.2. The maximum Gasteiger partial charge on any atom is 0.253 e. The van der Waals surface area contributed by atoms with Crippen molar-refractivity contribution in [2.75, 3.05) is 13.3 Å². The molecular formula is C20H25N5OS. The van der Waals surface area contributed by atoms with Crippen molar-refractivity contribution in [1.29, 1.82) is 0 Å². The van der Waals surface area contributed by atoms with E-state index in [-0.39, 0.29) is 11.9 Å². The summed E-state index contributed by atoms with van der Waals surface area (Å²) in [6, 6.07) is 10.1. The van der Waals surface area contributed by atoms with Gasteiger partial charge in [-0.15, -0.1) is 5.10 Å². The minimum absolute atomic E-state index is 0.0425. The van der Waals surface area contributed by atoms with Gasteiger partial charge in [-0.05, 0) is 44.6 Å². The Kier molecular flexibility index (Phi) is 5.79. The highest BCUT2D eigenvalue weighted by molar-refractivity contribution is 7.98. The van der Waals surface area contributed by atoms with Gasteiger partial charge in [0.05, 0.1) is 6.04 Å². The normalized spacial score (nSPS) is 12.3. The van der Waals surface area contributed by atoms with Crippen molar-refractivity contribution in [3.63, 3.8) is 0 Å². The number of aromatic nitrogens is 4. The zero-order valence-electron chi connectivity index (χ0n) is 16.4. The Morgan fingerprint density at radius 1 is 1.22 bits per heavy atom. The molecule has 0 N–H and O–H groups in total. The fourth-order valence-corrected chi connectivity index (χ4v) is 3.55. The number of thioether (sulfide) groups is 1. The maximum atomic E-state index is 12.7. The lowest BCUT2D eigenvalue weighted by Crippen LogP contribution is -2.30. The molecule has 1 aromatic carbocycles. The molecule has 7 heteroatoms. The van der Waals surface area contributed by atoms with Gasteiger partial charge in [0, 0.05) is 24.9 Å². The van der Waals surface area contributed by atoms with Crippen molar-refractivity contribution in [1.82, 2.24) is 24.5 Å². The number of carbonyl (C=O) groups is 1. The molecule has 2 aromatic heterocycles. The van der Waals surface area contributed by atoms with E-state index in [2.05, 4.69) is 34.1 Å². The zero-order chi connectivity index (χ0) is 19.6. The topological polar surface area (TPSA) is 63.4 Å². The largest absolute Gasteiger partial charge is 0.339 e. The van der Waals surface area contributed by atoms with Gasteiger partial charge < -0.3 is 4.90 Å². The number of amides is 1. The van der Waals surface area contributed by atoms with Crippen LogP contribution >= 0.6 is 11.8 Å². The molecule has 0 spiro atoms. The van der Waals surface area contributed by atoms with Crippen molar-refractivity contribution in [2.45, 2.75) is 44.8 Å². The van der Waals surface area contributed by atoms with E-state index in [1.165, 1.54) is 11.8 Å². The molecule has 0 saturated carbocycles.